The largest absolute Gasteiger partial charge is 0.507 e. The molecule has 17 heavy (non-hydrogen) atoms. The maximum Gasteiger partial charge on any atom is 0.417 e. The first-order valence-corrected chi connectivity index (χ1v) is 4.24. The van der Waals surface area contributed by atoms with Crippen LogP contribution >= 0.6 is 0 Å². The lowest BCUT2D eigenvalue weighted by molar-refractivity contribution is -0.137. The van der Waals surface area contributed by atoms with Crippen molar-refractivity contribution in [2.75, 3.05) is 7.11 Å². The first-order valence-electron chi connectivity index (χ1n) is 4.24. The van der Waals surface area contributed by atoms with E-state index >= 15 is 0 Å². The van der Waals surface area contributed by atoms with E-state index in [0.717, 1.165) is 13.2 Å². The van der Waals surface area contributed by atoms with Crippen LogP contribution in [-0.4, -0.2) is 18.2 Å². The Hall–Kier alpha value is -2.23. The highest BCUT2D eigenvalue weighted by molar-refractivity contribution is 5.90. The van der Waals surface area contributed by atoms with Gasteiger partial charge < -0.3 is 9.84 Å². The normalized spacial score (nSPS) is 10.8. The minimum atomic E-state index is -4.84. The predicted molar refractivity (Wildman–Crippen MR) is 49.2 cm³/mol. The van der Waals surface area contributed by atoms with Crippen LogP contribution < -0.4 is 0 Å². The van der Waals surface area contributed by atoms with Gasteiger partial charge in [-0.3, -0.25) is 0 Å². The molecule has 0 saturated heterocycles. The molecule has 0 unspecified atom stereocenters. The van der Waals surface area contributed by atoms with Crippen LogP contribution in [0.15, 0.2) is 12.1 Å². The summed E-state index contributed by atoms with van der Waals surface area (Å²) in [4.78, 5) is 11.1. The van der Waals surface area contributed by atoms with Crippen molar-refractivity contribution in [1.29, 1.82) is 5.26 Å². The van der Waals surface area contributed by atoms with E-state index in [1.165, 1.54) is 6.07 Å². The number of carbonyl (C=O) groups is 1. The third kappa shape index (κ3) is 2.47. The number of aromatic hydroxyl groups is 1. The van der Waals surface area contributed by atoms with Crippen molar-refractivity contribution in [2.45, 2.75) is 6.18 Å². The zero-order valence-corrected chi connectivity index (χ0v) is 8.50. The zero-order valence-electron chi connectivity index (χ0n) is 8.50. The van der Waals surface area contributed by atoms with Crippen LogP contribution in [0.2, 0.25) is 0 Å². The number of nitrogens with zero attached hydrogens (tertiary/aromatic N) is 1. The number of methoxy groups -OCH3 is 1. The van der Waals surface area contributed by atoms with E-state index in [-0.39, 0.29) is 0 Å². The van der Waals surface area contributed by atoms with Crippen molar-refractivity contribution in [3.8, 4) is 11.8 Å². The zero-order chi connectivity index (χ0) is 13.2. The molecule has 0 bridgehead atoms. The van der Waals surface area contributed by atoms with Crippen LogP contribution in [-0.2, 0) is 10.9 Å². The second-order valence-electron chi connectivity index (χ2n) is 3.02. The third-order valence-corrected chi connectivity index (χ3v) is 1.96. The van der Waals surface area contributed by atoms with E-state index in [0.29, 0.717) is 6.07 Å². The summed E-state index contributed by atoms with van der Waals surface area (Å²) in [7, 11) is 0.991. The number of phenols is 1. The van der Waals surface area contributed by atoms with Crippen molar-refractivity contribution >= 4 is 5.97 Å². The summed E-state index contributed by atoms with van der Waals surface area (Å²) in [6.45, 7) is 0. The van der Waals surface area contributed by atoms with E-state index in [4.69, 9.17) is 5.26 Å². The first-order chi connectivity index (χ1) is 7.81. The summed E-state index contributed by atoms with van der Waals surface area (Å²) >= 11 is 0. The second kappa shape index (κ2) is 4.33. The molecule has 0 fully saturated rings. The van der Waals surface area contributed by atoms with Crippen LogP contribution in [0.1, 0.15) is 21.5 Å². The molecule has 1 aromatic rings. The molecule has 0 spiro atoms. The monoisotopic (exact) mass is 245 g/mol. The maximum atomic E-state index is 12.5. The van der Waals surface area contributed by atoms with Gasteiger partial charge in [-0.2, -0.15) is 18.4 Å². The minimum Gasteiger partial charge on any atom is -0.507 e. The smallest absolute Gasteiger partial charge is 0.417 e. The van der Waals surface area contributed by atoms with Gasteiger partial charge in [0.1, 0.15) is 17.4 Å². The Balaban J connectivity index is 3.52. The number of hydrogen-bond donors (Lipinski definition) is 1. The molecule has 7 heteroatoms. The lowest BCUT2D eigenvalue weighted by Crippen LogP contribution is -2.11. The summed E-state index contributed by atoms with van der Waals surface area (Å²) in [5.41, 5.74) is -2.78. The molecule has 0 radical (unpaired) electrons. The summed E-state index contributed by atoms with van der Waals surface area (Å²) < 4.78 is 41.9. The van der Waals surface area contributed by atoms with Gasteiger partial charge in [0.2, 0.25) is 0 Å². The van der Waals surface area contributed by atoms with E-state index in [2.05, 4.69) is 4.74 Å². The number of nitriles is 1. The molecule has 0 aliphatic carbocycles. The Kier molecular flexibility index (Phi) is 3.27. The number of carbonyl (C=O) groups excluding carboxylic acids is 1. The number of phenolic OH excluding ortho intramolecular Hbond substituents is 1. The predicted octanol–water partition coefficient (Wildman–Crippen LogP) is 2.07. The summed E-state index contributed by atoms with van der Waals surface area (Å²) in [6, 6.07) is 2.44. The molecule has 0 atom stereocenters. The van der Waals surface area contributed by atoms with Gasteiger partial charge in [0.15, 0.2) is 0 Å². The van der Waals surface area contributed by atoms with Crippen molar-refractivity contribution in [1.82, 2.24) is 0 Å². The molecule has 0 saturated carbocycles. The van der Waals surface area contributed by atoms with Gasteiger partial charge in [0, 0.05) is 0 Å². The third-order valence-electron chi connectivity index (χ3n) is 1.96. The summed E-state index contributed by atoms with van der Waals surface area (Å²) in [6.07, 6.45) is -4.84. The average Bonchev–Trinajstić information content (AvgIpc) is 2.25. The average molecular weight is 245 g/mol. The fourth-order valence-corrected chi connectivity index (χ4v) is 1.20. The molecule has 1 aromatic carbocycles. The molecule has 1 N–H and O–H groups in total. The number of alkyl halides is 3. The van der Waals surface area contributed by atoms with Crippen molar-refractivity contribution in [3.05, 3.63) is 28.8 Å². The van der Waals surface area contributed by atoms with Gasteiger partial charge in [-0.1, -0.05) is 0 Å². The lowest BCUT2D eigenvalue weighted by atomic mass is 10.0. The highest BCUT2D eigenvalue weighted by atomic mass is 19.4. The first kappa shape index (κ1) is 12.8. The fourth-order valence-electron chi connectivity index (χ4n) is 1.20. The molecule has 4 nitrogen and oxygen atoms in total. The number of esters is 1. The number of halogens is 3. The SMILES string of the molecule is COC(=O)c1cc(O)c(C#N)c(C(F)(F)F)c1. The number of ether oxygens (including phenoxy) is 1. The van der Waals surface area contributed by atoms with Crippen molar-refractivity contribution in [3.63, 3.8) is 0 Å². The molecular formula is C10H6F3NO3. The minimum absolute atomic E-state index is 0.462. The molecule has 1 rings (SSSR count). The highest BCUT2D eigenvalue weighted by Crippen LogP contribution is 2.36. The van der Waals surface area contributed by atoms with E-state index in [9.17, 15) is 23.1 Å². The second-order valence-corrected chi connectivity index (χ2v) is 3.02. The molecule has 90 valence electrons. The van der Waals surface area contributed by atoms with Crippen LogP contribution in [0.3, 0.4) is 0 Å². The van der Waals surface area contributed by atoms with Crippen molar-refractivity contribution < 1.29 is 27.8 Å². The van der Waals surface area contributed by atoms with Gasteiger partial charge in [0.05, 0.1) is 18.2 Å². The Morgan fingerprint density at radius 3 is 2.47 bits per heavy atom. The van der Waals surface area contributed by atoms with Gasteiger partial charge in [-0.05, 0) is 12.1 Å². The summed E-state index contributed by atoms with van der Waals surface area (Å²) in [5.74, 6) is -1.95. The topological polar surface area (TPSA) is 70.3 Å². The van der Waals surface area contributed by atoms with Crippen LogP contribution in [0.25, 0.3) is 0 Å². The van der Waals surface area contributed by atoms with E-state index in [1.54, 1.807) is 0 Å². The van der Waals surface area contributed by atoms with Crippen LogP contribution in [0, 0.1) is 11.3 Å². The Bertz CT molecular complexity index is 503. The Morgan fingerprint density at radius 1 is 1.47 bits per heavy atom. The van der Waals surface area contributed by atoms with Gasteiger partial charge >= 0.3 is 12.1 Å². The standard InChI is InChI=1S/C10H6F3NO3/c1-17-9(16)5-2-7(10(11,12)13)6(4-14)8(15)3-5/h2-3,15H,1H3. The van der Waals surface area contributed by atoms with Gasteiger partial charge in [0.25, 0.3) is 0 Å². The number of rotatable bonds is 1. The number of benzene rings is 1. The fraction of sp³-hybridized carbons (Fsp3) is 0.200. The maximum absolute atomic E-state index is 12.5. The molecule has 0 heterocycles. The number of hydrogen-bond acceptors (Lipinski definition) is 4. The van der Waals surface area contributed by atoms with E-state index in [1.807, 2.05) is 0 Å². The Labute approximate surface area is 93.8 Å². The highest BCUT2D eigenvalue weighted by Gasteiger charge is 2.36. The molecule has 0 amide bonds. The molecule has 0 aliphatic rings. The Morgan fingerprint density at radius 2 is 2.06 bits per heavy atom. The van der Waals surface area contributed by atoms with Crippen LogP contribution in [0.4, 0.5) is 13.2 Å². The lowest BCUT2D eigenvalue weighted by Gasteiger charge is -2.11. The molecule has 0 aliphatic heterocycles. The van der Waals surface area contributed by atoms with E-state index < -0.39 is 34.6 Å². The van der Waals surface area contributed by atoms with Gasteiger partial charge in [-0.25, -0.2) is 4.79 Å². The summed E-state index contributed by atoms with van der Waals surface area (Å²) in [5, 5.41) is 17.8. The van der Waals surface area contributed by atoms with Gasteiger partial charge in [-0.15, -0.1) is 0 Å². The van der Waals surface area contributed by atoms with Crippen LogP contribution in [0.5, 0.6) is 5.75 Å². The molecule has 0 aromatic heterocycles. The molecular weight excluding hydrogens is 239 g/mol. The van der Waals surface area contributed by atoms with Crippen molar-refractivity contribution in [2.24, 2.45) is 0 Å². The quantitative estimate of drug-likeness (QED) is 0.769.